The van der Waals surface area contributed by atoms with E-state index in [-0.39, 0.29) is 23.6 Å². The van der Waals surface area contributed by atoms with E-state index in [1.165, 1.54) is 19.0 Å². The molecule has 0 saturated heterocycles. The molecule has 2 aromatic heterocycles. The van der Waals surface area contributed by atoms with E-state index in [9.17, 15) is 9.59 Å². The van der Waals surface area contributed by atoms with E-state index >= 15 is 0 Å². The summed E-state index contributed by atoms with van der Waals surface area (Å²) in [5, 5.41) is 7.63. The summed E-state index contributed by atoms with van der Waals surface area (Å²) in [6.45, 7) is 1.84. The van der Waals surface area contributed by atoms with Gasteiger partial charge in [-0.15, -0.1) is 0 Å². The lowest BCUT2D eigenvalue weighted by molar-refractivity contribution is 0.0915. The van der Waals surface area contributed by atoms with Crippen LogP contribution in [0.25, 0.3) is 0 Å². The second-order valence-electron chi connectivity index (χ2n) is 7.34. The molecule has 2 aliphatic carbocycles. The highest BCUT2D eigenvalue weighted by atomic mass is 16.2. The molecule has 0 radical (unpaired) electrons. The monoisotopic (exact) mass is 353 g/mol. The van der Waals surface area contributed by atoms with Crippen LogP contribution in [-0.4, -0.2) is 31.7 Å². The number of aryl methyl sites for hydroxylation is 1. The Kier molecular flexibility index (Phi) is 4.53. The number of nitrogens with zero attached hydrogens (tertiary/aromatic N) is 4. The summed E-state index contributed by atoms with van der Waals surface area (Å²) in [6.07, 6.45) is 8.78. The van der Waals surface area contributed by atoms with Crippen LogP contribution in [0.1, 0.15) is 72.4 Å². The van der Waals surface area contributed by atoms with Gasteiger partial charge >= 0.3 is 0 Å². The number of hydrogen-bond donors (Lipinski definition) is 1. The van der Waals surface area contributed by atoms with Crippen molar-refractivity contribution in [2.45, 2.75) is 63.5 Å². The smallest absolute Gasteiger partial charge is 0.271 e. The Bertz CT molecular complexity index is 849. The lowest BCUT2D eigenvalue weighted by atomic mass is 9.91. The molecular formula is C19H23N5O2. The summed E-state index contributed by atoms with van der Waals surface area (Å²) in [5.74, 6) is 0.347. The van der Waals surface area contributed by atoms with Crippen LogP contribution in [0.15, 0.2) is 29.3 Å². The Morgan fingerprint density at radius 3 is 2.50 bits per heavy atom. The SMILES string of the molecule is Cc1cnc(C(=O)NC2CCC(n3nc(C4CC4)ccc3=O)CC2)cn1. The Labute approximate surface area is 151 Å². The quantitative estimate of drug-likeness (QED) is 0.909. The number of nitrogens with one attached hydrogen (secondary N) is 1. The molecule has 0 bridgehead atoms. The van der Waals surface area contributed by atoms with Gasteiger partial charge < -0.3 is 5.32 Å². The second kappa shape index (κ2) is 6.97. The van der Waals surface area contributed by atoms with Gasteiger partial charge in [0.2, 0.25) is 0 Å². The molecule has 0 spiro atoms. The summed E-state index contributed by atoms with van der Waals surface area (Å²) in [5.41, 5.74) is 2.14. The minimum atomic E-state index is -0.188. The first-order chi connectivity index (χ1) is 12.6. The van der Waals surface area contributed by atoms with Gasteiger partial charge in [0.25, 0.3) is 11.5 Å². The third kappa shape index (κ3) is 3.66. The molecule has 136 valence electrons. The maximum absolute atomic E-state index is 12.3. The van der Waals surface area contributed by atoms with Crippen molar-refractivity contribution in [3.63, 3.8) is 0 Å². The number of amides is 1. The maximum Gasteiger partial charge on any atom is 0.271 e. The molecule has 2 aromatic rings. The molecule has 7 heteroatoms. The van der Waals surface area contributed by atoms with Crippen LogP contribution in [0, 0.1) is 6.92 Å². The van der Waals surface area contributed by atoms with Gasteiger partial charge in [0.05, 0.1) is 23.6 Å². The molecule has 1 N–H and O–H groups in total. The Balaban J connectivity index is 1.37. The summed E-state index contributed by atoms with van der Waals surface area (Å²) in [7, 11) is 0. The van der Waals surface area contributed by atoms with Crippen LogP contribution in [0.3, 0.4) is 0 Å². The minimum Gasteiger partial charge on any atom is -0.348 e. The van der Waals surface area contributed by atoms with Gasteiger partial charge in [-0.25, -0.2) is 9.67 Å². The van der Waals surface area contributed by atoms with Crippen molar-refractivity contribution in [2.24, 2.45) is 0 Å². The zero-order chi connectivity index (χ0) is 18.1. The molecule has 0 unspecified atom stereocenters. The van der Waals surface area contributed by atoms with Crippen molar-refractivity contribution in [3.8, 4) is 0 Å². The fourth-order valence-corrected chi connectivity index (χ4v) is 3.53. The zero-order valence-electron chi connectivity index (χ0n) is 14.9. The summed E-state index contributed by atoms with van der Waals surface area (Å²) in [6, 6.07) is 3.73. The zero-order valence-corrected chi connectivity index (χ0v) is 14.9. The van der Waals surface area contributed by atoms with E-state index in [4.69, 9.17) is 0 Å². The van der Waals surface area contributed by atoms with Gasteiger partial charge in [-0.2, -0.15) is 5.10 Å². The van der Waals surface area contributed by atoms with E-state index < -0.39 is 0 Å². The molecule has 1 amide bonds. The van der Waals surface area contributed by atoms with Crippen molar-refractivity contribution in [2.75, 3.05) is 0 Å². The maximum atomic E-state index is 12.3. The molecule has 4 rings (SSSR count). The van der Waals surface area contributed by atoms with Crippen LogP contribution in [-0.2, 0) is 0 Å². The van der Waals surface area contributed by atoms with Gasteiger partial charge in [-0.3, -0.25) is 14.6 Å². The second-order valence-corrected chi connectivity index (χ2v) is 7.34. The van der Waals surface area contributed by atoms with Crippen molar-refractivity contribution < 1.29 is 4.79 Å². The topological polar surface area (TPSA) is 89.8 Å². The molecule has 26 heavy (non-hydrogen) atoms. The van der Waals surface area contributed by atoms with Gasteiger partial charge in [-0.1, -0.05) is 0 Å². The Morgan fingerprint density at radius 2 is 1.85 bits per heavy atom. The predicted molar refractivity (Wildman–Crippen MR) is 96.0 cm³/mol. The molecule has 0 aliphatic heterocycles. The van der Waals surface area contributed by atoms with E-state index in [0.717, 1.165) is 37.1 Å². The molecule has 7 nitrogen and oxygen atoms in total. The Hall–Kier alpha value is -2.57. The van der Waals surface area contributed by atoms with Crippen LogP contribution in [0.4, 0.5) is 0 Å². The third-order valence-electron chi connectivity index (χ3n) is 5.23. The number of aromatic nitrogens is 4. The molecule has 2 heterocycles. The van der Waals surface area contributed by atoms with Crippen LogP contribution in [0.2, 0.25) is 0 Å². The van der Waals surface area contributed by atoms with Crippen molar-refractivity contribution >= 4 is 5.91 Å². The fraction of sp³-hybridized carbons (Fsp3) is 0.526. The summed E-state index contributed by atoms with van der Waals surface area (Å²) < 4.78 is 1.66. The molecule has 0 atom stereocenters. The normalized spacial score (nSPS) is 22.8. The highest BCUT2D eigenvalue weighted by molar-refractivity contribution is 5.92. The number of rotatable bonds is 4. The van der Waals surface area contributed by atoms with E-state index in [2.05, 4.69) is 20.4 Å². The highest BCUT2D eigenvalue weighted by Gasteiger charge is 2.28. The lowest BCUT2D eigenvalue weighted by Gasteiger charge is -2.29. The standard InChI is InChI=1S/C19H23N5O2/c1-12-10-21-17(11-20-12)19(26)22-14-4-6-15(7-5-14)24-18(25)9-8-16(23-24)13-2-3-13/h8-11,13-15H,2-7H2,1H3,(H,22,26). The third-order valence-corrected chi connectivity index (χ3v) is 5.23. The lowest BCUT2D eigenvalue weighted by Crippen LogP contribution is -2.40. The van der Waals surface area contributed by atoms with Crippen molar-refractivity contribution in [3.05, 3.63) is 52.0 Å². The fourth-order valence-electron chi connectivity index (χ4n) is 3.53. The van der Waals surface area contributed by atoms with Crippen molar-refractivity contribution in [1.82, 2.24) is 25.1 Å². The van der Waals surface area contributed by atoms with Gasteiger partial charge in [-0.05, 0) is 51.5 Å². The van der Waals surface area contributed by atoms with Crippen molar-refractivity contribution in [1.29, 1.82) is 0 Å². The van der Waals surface area contributed by atoms with Crippen LogP contribution >= 0.6 is 0 Å². The molecular weight excluding hydrogens is 330 g/mol. The number of carbonyl (C=O) groups is 1. The highest BCUT2D eigenvalue weighted by Crippen LogP contribution is 2.38. The summed E-state index contributed by atoms with van der Waals surface area (Å²) >= 11 is 0. The van der Waals surface area contributed by atoms with Gasteiger partial charge in [0.15, 0.2) is 0 Å². The molecule has 2 fully saturated rings. The Morgan fingerprint density at radius 1 is 1.08 bits per heavy atom. The average molecular weight is 353 g/mol. The average Bonchev–Trinajstić information content (AvgIpc) is 3.49. The van der Waals surface area contributed by atoms with Crippen LogP contribution in [0.5, 0.6) is 0 Å². The molecule has 2 saturated carbocycles. The first kappa shape index (κ1) is 16.9. The summed E-state index contributed by atoms with van der Waals surface area (Å²) in [4.78, 5) is 32.7. The predicted octanol–water partition coefficient (Wildman–Crippen LogP) is 2.13. The minimum absolute atomic E-state index is 0.0307. The van der Waals surface area contributed by atoms with Gasteiger partial charge in [0.1, 0.15) is 5.69 Å². The largest absolute Gasteiger partial charge is 0.348 e. The first-order valence-electron chi connectivity index (χ1n) is 9.29. The van der Waals surface area contributed by atoms with Crippen LogP contribution < -0.4 is 10.9 Å². The molecule has 0 aromatic carbocycles. The number of carbonyl (C=O) groups excluding carboxylic acids is 1. The van der Waals surface area contributed by atoms with E-state index in [1.807, 2.05) is 13.0 Å². The molecule has 2 aliphatic rings. The van der Waals surface area contributed by atoms with Gasteiger partial charge in [0, 0.05) is 24.2 Å². The number of hydrogen-bond acceptors (Lipinski definition) is 5. The van der Waals surface area contributed by atoms with E-state index in [0.29, 0.717) is 11.6 Å². The van der Waals surface area contributed by atoms with E-state index in [1.54, 1.807) is 16.9 Å². The first-order valence-corrected chi connectivity index (χ1v) is 9.29.